The third-order valence-corrected chi connectivity index (χ3v) is 4.92. The summed E-state index contributed by atoms with van der Waals surface area (Å²) >= 11 is 0. The van der Waals surface area contributed by atoms with Gasteiger partial charge in [0.15, 0.2) is 0 Å². The van der Waals surface area contributed by atoms with Crippen LogP contribution in [-0.4, -0.2) is 46.4 Å². The first kappa shape index (κ1) is 23.6. The molecule has 8 heteroatoms. The van der Waals surface area contributed by atoms with Gasteiger partial charge in [0.1, 0.15) is 23.1 Å². The number of hydrogen-bond acceptors (Lipinski definition) is 5. The minimum atomic E-state index is -0.679. The molecular weight excluding hydrogens is 410 g/mol. The van der Waals surface area contributed by atoms with Crippen molar-refractivity contribution in [3.63, 3.8) is 0 Å². The second kappa shape index (κ2) is 8.84. The molecule has 8 nitrogen and oxygen atoms in total. The molecule has 2 aromatic rings. The van der Waals surface area contributed by atoms with E-state index in [1.807, 2.05) is 51.1 Å². The van der Waals surface area contributed by atoms with Gasteiger partial charge < -0.3 is 14.8 Å². The maximum Gasteiger partial charge on any atom is 0.416 e. The van der Waals surface area contributed by atoms with Gasteiger partial charge in [0.2, 0.25) is 0 Å². The van der Waals surface area contributed by atoms with Crippen LogP contribution in [0, 0.1) is 0 Å². The van der Waals surface area contributed by atoms with Crippen molar-refractivity contribution in [3.8, 4) is 0 Å². The number of unbranched alkanes of at least 4 members (excludes halogenated alkanes) is 1. The average molecular weight is 444 g/mol. The number of hydrogen-bond donors (Lipinski definition) is 1. The lowest BCUT2D eigenvalue weighted by Crippen LogP contribution is -2.43. The predicted octanol–water partition coefficient (Wildman–Crippen LogP) is 5.10. The van der Waals surface area contributed by atoms with Gasteiger partial charge in [0.25, 0.3) is 5.91 Å². The van der Waals surface area contributed by atoms with Crippen LogP contribution in [0.1, 0.15) is 65.6 Å². The van der Waals surface area contributed by atoms with Gasteiger partial charge in [-0.1, -0.05) is 18.2 Å². The van der Waals surface area contributed by atoms with Crippen LogP contribution in [0.3, 0.4) is 0 Å². The third kappa shape index (κ3) is 5.41. The molecule has 0 saturated heterocycles. The molecule has 1 aromatic heterocycles. The maximum atomic E-state index is 13.3. The van der Waals surface area contributed by atoms with Gasteiger partial charge in [0, 0.05) is 11.9 Å². The first-order chi connectivity index (χ1) is 14.9. The fraction of sp³-hybridized carbons (Fsp3) is 0.542. The molecule has 1 N–H and O–H groups in total. The number of benzene rings is 1. The zero-order valence-corrected chi connectivity index (χ0v) is 19.7. The van der Waals surface area contributed by atoms with Crippen LogP contribution < -0.4 is 10.2 Å². The van der Waals surface area contributed by atoms with Crippen molar-refractivity contribution < 1.29 is 23.9 Å². The van der Waals surface area contributed by atoms with Crippen LogP contribution in [0.25, 0.3) is 10.9 Å². The molecule has 32 heavy (non-hydrogen) atoms. The Kier molecular flexibility index (Phi) is 6.53. The van der Waals surface area contributed by atoms with Gasteiger partial charge in [-0.05, 0) is 72.9 Å². The summed E-state index contributed by atoms with van der Waals surface area (Å²) in [6, 6.07) is 8.76. The van der Waals surface area contributed by atoms with Crippen LogP contribution in [0.2, 0.25) is 0 Å². The molecule has 0 aliphatic carbocycles. The Bertz CT molecular complexity index is 1010. The number of nitrogens with one attached hydrogen (secondary N) is 1. The van der Waals surface area contributed by atoms with Crippen LogP contribution in [-0.2, 0) is 9.47 Å². The molecule has 1 atom stereocenters. The van der Waals surface area contributed by atoms with Gasteiger partial charge >= 0.3 is 12.2 Å². The lowest BCUT2D eigenvalue weighted by molar-refractivity contribution is 0.0525. The Balaban J connectivity index is 1.70. The molecule has 0 fully saturated rings. The van der Waals surface area contributed by atoms with Crippen LogP contribution in [0.4, 0.5) is 15.4 Å². The van der Waals surface area contributed by atoms with E-state index in [1.54, 1.807) is 25.3 Å². The summed E-state index contributed by atoms with van der Waals surface area (Å²) < 4.78 is 12.4. The van der Waals surface area contributed by atoms with E-state index in [1.165, 1.54) is 4.90 Å². The molecule has 0 saturated carbocycles. The van der Waals surface area contributed by atoms with Gasteiger partial charge in [0.05, 0.1) is 5.52 Å². The average Bonchev–Trinajstić information content (AvgIpc) is 3.13. The van der Waals surface area contributed by atoms with E-state index in [2.05, 4.69) is 5.32 Å². The number of anilines is 1. The highest BCUT2D eigenvalue weighted by Crippen LogP contribution is 2.36. The number of para-hydroxylation sites is 1. The first-order valence-electron chi connectivity index (χ1n) is 11.0. The molecule has 0 bridgehead atoms. The number of nitrogens with zero attached hydrogens (tertiary/aromatic N) is 2. The van der Waals surface area contributed by atoms with Crippen molar-refractivity contribution in [3.05, 3.63) is 30.3 Å². The van der Waals surface area contributed by atoms with Crippen molar-refractivity contribution in [1.29, 1.82) is 0 Å². The van der Waals surface area contributed by atoms with E-state index in [9.17, 15) is 14.4 Å². The summed E-state index contributed by atoms with van der Waals surface area (Å²) in [4.78, 5) is 39.6. The van der Waals surface area contributed by atoms with Crippen molar-refractivity contribution in [2.45, 2.75) is 78.0 Å². The van der Waals surface area contributed by atoms with Crippen LogP contribution >= 0.6 is 0 Å². The molecule has 174 valence electrons. The molecule has 0 spiro atoms. The quantitative estimate of drug-likeness (QED) is 0.649. The summed E-state index contributed by atoms with van der Waals surface area (Å²) in [6.45, 7) is 11.3. The standard InChI is InChI=1S/C24H33N3O5/c1-23(2,3)31-21(29)25-14-10-9-13-18-20(28)26-17-12-8-7-11-16(17)15-19(26)27(18)22(30)32-24(4,5)6/h7-8,11-12,15,18H,9-10,13-14H2,1-6H3,(H,25,29)/t18-/m0/s1. The molecule has 1 aliphatic heterocycles. The Labute approximate surface area is 188 Å². The number of aromatic nitrogens is 1. The number of amides is 2. The summed E-state index contributed by atoms with van der Waals surface area (Å²) in [6.07, 6.45) is 0.760. The van der Waals surface area contributed by atoms with E-state index in [4.69, 9.17) is 9.47 Å². The predicted molar refractivity (Wildman–Crippen MR) is 123 cm³/mol. The van der Waals surface area contributed by atoms with E-state index in [0.717, 1.165) is 10.9 Å². The Morgan fingerprint density at radius 2 is 1.66 bits per heavy atom. The molecule has 2 heterocycles. The Hall–Kier alpha value is -3.03. The fourth-order valence-electron chi connectivity index (χ4n) is 3.72. The highest BCUT2D eigenvalue weighted by Gasteiger charge is 2.43. The van der Waals surface area contributed by atoms with Crippen molar-refractivity contribution in [1.82, 2.24) is 9.88 Å². The number of carbonyl (C=O) groups is 3. The fourth-order valence-corrected chi connectivity index (χ4v) is 3.72. The number of fused-ring (bicyclic) bond motifs is 3. The SMILES string of the molecule is CC(C)(C)OC(=O)NCCCC[C@H]1C(=O)n2c(cc3ccccc32)N1C(=O)OC(C)(C)C. The van der Waals surface area contributed by atoms with Gasteiger partial charge in [-0.3, -0.25) is 9.36 Å². The lowest BCUT2D eigenvalue weighted by atomic mass is 10.1. The molecule has 0 unspecified atom stereocenters. The lowest BCUT2D eigenvalue weighted by Gasteiger charge is -2.27. The number of rotatable bonds is 5. The number of ether oxygens (including phenoxy) is 2. The Morgan fingerprint density at radius 1 is 1.00 bits per heavy atom. The second-order valence-corrected chi connectivity index (χ2v) is 10.0. The smallest absolute Gasteiger partial charge is 0.416 e. The molecule has 3 rings (SSSR count). The topological polar surface area (TPSA) is 89.9 Å². The third-order valence-electron chi connectivity index (χ3n) is 4.92. The number of carbonyl (C=O) groups excluding carboxylic acids is 3. The van der Waals surface area contributed by atoms with Crippen molar-refractivity contribution >= 4 is 34.8 Å². The molecule has 2 amide bonds. The van der Waals surface area contributed by atoms with Crippen LogP contribution in [0.15, 0.2) is 30.3 Å². The van der Waals surface area contributed by atoms with E-state index in [-0.39, 0.29) is 5.91 Å². The minimum absolute atomic E-state index is 0.146. The van der Waals surface area contributed by atoms with Gasteiger partial charge in [-0.2, -0.15) is 0 Å². The maximum absolute atomic E-state index is 13.3. The highest BCUT2D eigenvalue weighted by atomic mass is 16.6. The van der Waals surface area contributed by atoms with Crippen molar-refractivity contribution in [2.75, 3.05) is 11.4 Å². The van der Waals surface area contributed by atoms with Crippen molar-refractivity contribution in [2.24, 2.45) is 0 Å². The normalized spacial score (nSPS) is 16.2. The Morgan fingerprint density at radius 3 is 2.31 bits per heavy atom. The van der Waals surface area contributed by atoms with Crippen LogP contribution in [0.5, 0.6) is 0 Å². The van der Waals surface area contributed by atoms with E-state index >= 15 is 0 Å². The summed E-state index contributed by atoms with van der Waals surface area (Å²) in [5.74, 6) is 0.384. The number of alkyl carbamates (subject to hydrolysis) is 1. The zero-order chi connectivity index (χ0) is 23.7. The van der Waals surface area contributed by atoms with E-state index < -0.39 is 29.4 Å². The summed E-state index contributed by atoms with van der Waals surface area (Å²) in [5, 5.41) is 3.61. The van der Waals surface area contributed by atoms with E-state index in [0.29, 0.717) is 31.6 Å². The summed E-state index contributed by atoms with van der Waals surface area (Å²) in [5.41, 5.74) is -0.457. The van der Waals surface area contributed by atoms with Gasteiger partial charge in [-0.15, -0.1) is 0 Å². The zero-order valence-electron chi connectivity index (χ0n) is 19.7. The van der Waals surface area contributed by atoms with Gasteiger partial charge in [-0.25, -0.2) is 14.5 Å². The minimum Gasteiger partial charge on any atom is -0.444 e. The first-order valence-corrected chi connectivity index (χ1v) is 11.0. The largest absolute Gasteiger partial charge is 0.444 e. The molecule has 1 aromatic carbocycles. The second-order valence-electron chi connectivity index (χ2n) is 10.0. The molecule has 1 aliphatic rings. The monoisotopic (exact) mass is 443 g/mol. The highest BCUT2D eigenvalue weighted by molar-refractivity contribution is 6.10. The molecule has 0 radical (unpaired) electrons. The summed E-state index contributed by atoms with van der Waals surface area (Å²) in [7, 11) is 0. The molecular formula is C24H33N3O5.